The third-order valence-corrected chi connectivity index (χ3v) is 5.49. The molecule has 1 aliphatic rings. The quantitative estimate of drug-likeness (QED) is 0.849. The summed E-state index contributed by atoms with van der Waals surface area (Å²) in [5, 5.41) is 3.02. The lowest BCUT2D eigenvalue weighted by atomic mass is 10.0. The highest BCUT2D eigenvalue weighted by molar-refractivity contribution is 7.13. The first-order valence-electron chi connectivity index (χ1n) is 8.12. The molecular weight excluding hydrogens is 322 g/mol. The zero-order chi connectivity index (χ0) is 17.1. The predicted molar refractivity (Wildman–Crippen MR) is 94.6 cm³/mol. The lowest BCUT2D eigenvalue weighted by molar-refractivity contribution is -0.131. The number of nitrogens with zero attached hydrogens (tertiary/aromatic N) is 2. The molecule has 0 aliphatic carbocycles. The van der Waals surface area contributed by atoms with Crippen LogP contribution in [-0.4, -0.2) is 34.8 Å². The lowest BCUT2D eigenvalue weighted by Gasteiger charge is -2.22. The maximum absolute atomic E-state index is 12.4. The van der Waals surface area contributed by atoms with Gasteiger partial charge in [0.05, 0.1) is 22.1 Å². The number of hydrogen-bond acceptors (Lipinski definition) is 4. The molecule has 1 N–H and O–H groups in total. The summed E-state index contributed by atoms with van der Waals surface area (Å²) in [6, 6.07) is 7.77. The van der Waals surface area contributed by atoms with Crippen LogP contribution in [0.3, 0.4) is 0 Å². The van der Waals surface area contributed by atoms with Gasteiger partial charge < -0.3 is 10.2 Å². The van der Waals surface area contributed by atoms with Gasteiger partial charge in [-0.25, -0.2) is 4.98 Å². The van der Waals surface area contributed by atoms with Gasteiger partial charge in [-0.05, 0) is 37.8 Å². The Balaban J connectivity index is 1.67. The minimum absolute atomic E-state index is 0.0746. The van der Waals surface area contributed by atoms with Crippen LogP contribution in [0.25, 0.3) is 10.4 Å². The van der Waals surface area contributed by atoms with Gasteiger partial charge in [-0.2, -0.15) is 0 Å². The number of aromatic nitrogens is 1. The van der Waals surface area contributed by atoms with Gasteiger partial charge in [-0.1, -0.05) is 24.3 Å². The van der Waals surface area contributed by atoms with E-state index in [-0.39, 0.29) is 18.0 Å². The summed E-state index contributed by atoms with van der Waals surface area (Å²) in [4.78, 5) is 30.4. The first-order chi connectivity index (χ1) is 11.6. The minimum atomic E-state index is -0.330. The first kappa shape index (κ1) is 16.6. The van der Waals surface area contributed by atoms with E-state index in [1.807, 2.05) is 31.5 Å². The van der Waals surface area contributed by atoms with Crippen LogP contribution in [0.2, 0.25) is 0 Å². The van der Waals surface area contributed by atoms with Gasteiger partial charge in [0, 0.05) is 6.54 Å². The van der Waals surface area contributed by atoms with Gasteiger partial charge >= 0.3 is 0 Å². The molecule has 126 valence electrons. The molecule has 5 nitrogen and oxygen atoms in total. The van der Waals surface area contributed by atoms with Crippen molar-refractivity contribution in [3.8, 4) is 10.4 Å². The Morgan fingerprint density at radius 3 is 2.79 bits per heavy atom. The van der Waals surface area contributed by atoms with Crippen molar-refractivity contribution >= 4 is 23.7 Å². The molecule has 1 aliphatic heterocycles. The number of amides is 2. The van der Waals surface area contributed by atoms with Gasteiger partial charge in [0.15, 0.2) is 0 Å². The third kappa shape index (κ3) is 3.33. The van der Waals surface area contributed by atoms with Crippen LogP contribution in [-0.2, 0) is 9.59 Å². The number of hydrogen-bond donors (Lipinski definition) is 1. The van der Waals surface area contributed by atoms with E-state index in [9.17, 15) is 9.59 Å². The smallest absolute Gasteiger partial charge is 0.243 e. The Kier molecular flexibility index (Phi) is 4.94. The number of nitrogens with one attached hydrogen (secondary N) is 1. The van der Waals surface area contributed by atoms with E-state index in [2.05, 4.69) is 22.4 Å². The van der Waals surface area contributed by atoms with Gasteiger partial charge in [-0.3, -0.25) is 9.59 Å². The number of thiazole rings is 1. The maximum atomic E-state index is 12.4. The molecule has 1 aromatic heterocycles. The fourth-order valence-corrected chi connectivity index (χ4v) is 3.90. The van der Waals surface area contributed by atoms with Crippen LogP contribution in [0.4, 0.5) is 0 Å². The Hall–Kier alpha value is -2.21. The highest BCUT2D eigenvalue weighted by atomic mass is 32.1. The number of carbonyl (C=O) groups excluding carboxylic acids is 2. The topological polar surface area (TPSA) is 62.3 Å². The van der Waals surface area contributed by atoms with Gasteiger partial charge in [0.2, 0.25) is 12.3 Å². The summed E-state index contributed by atoms with van der Waals surface area (Å²) in [5.74, 6) is -0.0746. The molecule has 0 saturated carbocycles. The van der Waals surface area contributed by atoms with Crippen molar-refractivity contribution in [2.24, 2.45) is 0 Å². The minimum Gasteiger partial charge on any atom is -0.348 e. The Morgan fingerprint density at radius 1 is 1.42 bits per heavy atom. The Labute approximate surface area is 145 Å². The van der Waals surface area contributed by atoms with Crippen LogP contribution in [0.5, 0.6) is 0 Å². The molecule has 1 saturated heterocycles. The SMILES string of the molecule is Cc1ncsc1-c1ccc(C(C)NC(=O)C2CCCN2C=O)cc1. The summed E-state index contributed by atoms with van der Waals surface area (Å²) < 4.78 is 0. The molecule has 0 radical (unpaired) electrons. The second-order valence-corrected chi connectivity index (χ2v) is 6.98. The highest BCUT2D eigenvalue weighted by Crippen LogP contribution is 2.28. The molecule has 2 aromatic rings. The van der Waals surface area contributed by atoms with Crippen molar-refractivity contribution in [3.05, 3.63) is 41.0 Å². The van der Waals surface area contributed by atoms with Crippen LogP contribution in [0.1, 0.15) is 37.1 Å². The Bertz CT molecular complexity index is 726. The zero-order valence-electron chi connectivity index (χ0n) is 13.9. The summed E-state index contributed by atoms with van der Waals surface area (Å²) in [5.41, 5.74) is 5.07. The monoisotopic (exact) mass is 343 g/mol. The molecule has 2 atom stereocenters. The molecular formula is C18H21N3O2S. The highest BCUT2D eigenvalue weighted by Gasteiger charge is 2.30. The molecule has 2 unspecified atom stereocenters. The lowest BCUT2D eigenvalue weighted by Crippen LogP contribution is -2.43. The molecule has 0 spiro atoms. The van der Waals surface area contributed by atoms with E-state index in [0.29, 0.717) is 6.54 Å². The molecule has 2 amide bonds. The van der Waals surface area contributed by atoms with Crippen LogP contribution < -0.4 is 5.32 Å². The van der Waals surface area contributed by atoms with E-state index in [1.54, 1.807) is 16.2 Å². The summed E-state index contributed by atoms with van der Waals surface area (Å²) in [7, 11) is 0. The second-order valence-electron chi connectivity index (χ2n) is 6.12. The summed E-state index contributed by atoms with van der Waals surface area (Å²) in [6.07, 6.45) is 2.39. The third-order valence-electron chi connectivity index (χ3n) is 4.51. The zero-order valence-corrected chi connectivity index (χ0v) is 14.7. The van der Waals surface area contributed by atoms with Crippen molar-refractivity contribution in [3.63, 3.8) is 0 Å². The standard InChI is InChI=1S/C18H21N3O2S/c1-12(20-18(23)16-4-3-9-21(16)11-22)14-5-7-15(8-6-14)17-13(2)19-10-24-17/h5-8,10-12,16H,3-4,9H2,1-2H3,(H,20,23). The van der Waals surface area contributed by atoms with E-state index < -0.39 is 0 Å². The van der Waals surface area contributed by atoms with Gasteiger partial charge in [-0.15, -0.1) is 11.3 Å². The molecule has 2 heterocycles. The van der Waals surface area contributed by atoms with Crippen LogP contribution >= 0.6 is 11.3 Å². The normalized spacial score (nSPS) is 18.4. The molecule has 24 heavy (non-hydrogen) atoms. The van der Waals surface area contributed by atoms with Gasteiger partial charge in [0.1, 0.15) is 6.04 Å². The van der Waals surface area contributed by atoms with Gasteiger partial charge in [0.25, 0.3) is 0 Å². The largest absolute Gasteiger partial charge is 0.348 e. The first-order valence-corrected chi connectivity index (χ1v) is 9.00. The van der Waals surface area contributed by atoms with Crippen molar-refractivity contribution in [1.82, 2.24) is 15.2 Å². The number of likely N-dealkylation sites (tertiary alicyclic amines) is 1. The number of rotatable bonds is 5. The molecule has 1 aromatic carbocycles. The molecule has 0 bridgehead atoms. The molecule has 1 fully saturated rings. The predicted octanol–water partition coefficient (Wildman–Crippen LogP) is 2.92. The fourth-order valence-electron chi connectivity index (χ4n) is 3.09. The fraction of sp³-hybridized carbons (Fsp3) is 0.389. The summed E-state index contributed by atoms with van der Waals surface area (Å²) in [6.45, 7) is 4.63. The average molecular weight is 343 g/mol. The molecule has 6 heteroatoms. The van der Waals surface area contributed by atoms with E-state index in [4.69, 9.17) is 0 Å². The second kappa shape index (κ2) is 7.13. The van der Waals surface area contributed by atoms with E-state index >= 15 is 0 Å². The van der Waals surface area contributed by atoms with Crippen molar-refractivity contribution in [2.75, 3.05) is 6.54 Å². The van der Waals surface area contributed by atoms with E-state index in [1.165, 1.54) is 4.88 Å². The number of carbonyl (C=O) groups is 2. The number of aryl methyl sites for hydroxylation is 1. The van der Waals surface area contributed by atoms with Crippen molar-refractivity contribution < 1.29 is 9.59 Å². The molecule has 3 rings (SSSR count). The van der Waals surface area contributed by atoms with Crippen LogP contribution in [0, 0.1) is 6.92 Å². The van der Waals surface area contributed by atoms with E-state index in [0.717, 1.165) is 36.1 Å². The Morgan fingerprint density at radius 2 is 2.17 bits per heavy atom. The average Bonchev–Trinajstić information content (AvgIpc) is 3.23. The number of benzene rings is 1. The van der Waals surface area contributed by atoms with Crippen molar-refractivity contribution in [2.45, 2.75) is 38.8 Å². The maximum Gasteiger partial charge on any atom is 0.243 e. The summed E-state index contributed by atoms with van der Waals surface area (Å²) >= 11 is 1.63. The van der Waals surface area contributed by atoms with Crippen LogP contribution in [0.15, 0.2) is 29.8 Å². The van der Waals surface area contributed by atoms with Crippen molar-refractivity contribution in [1.29, 1.82) is 0 Å².